The molecule has 2 aliphatic heterocycles. The summed E-state index contributed by atoms with van der Waals surface area (Å²) >= 11 is 6.40. The van der Waals surface area contributed by atoms with Gasteiger partial charge in [-0.2, -0.15) is 0 Å². The standard InChI is InChI=1S/C22H22ClN3O3S/c1-15-2-4-18(5-3-15)30(27,28)26-21(12-19-20(23)6-9-24-22(19)26)16-7-10-25(11-8-16)17-13-29-14-17/h2-7,9,12,17H,8,10-11,13-14H2,1H3. The minimum Gasteiger partial charge on any atom is -0.378 e. The Bertz CT molecular complexity index is 1240. The number of benzene rings is 1. The molecule has 2 aromatic heterocycles. The molecule has 1 aromatic carbocycles. The maximum atomic E-state index is 13.6. The molecule has 0 radical (unpaired) electrons. The van der Waals surface area contributed by atoms with Crippen molar-refractivity contribution in [3.8, 4) is 0 Å². The molecule has 5 rings (SSSR count). The third-order valence-corrected chi connectivity index (χ3v) is 7.92. The Hall–Kier alpha value is -2.19. The Kier molecular flexibility index (Phi) is 4.94. The van der Waals surface area contributed by atoms with E-state index in [1.807, 2.05) is 13.0 Å². The van der Waals surface area contributed by atoms with E-state index >= 15 is 0 Å². The predicted molar refractivity (Wildman–Crippen MR) is 117 cm³/mol. The lowest BCUT2D eigenvalue weighted by Gasteiger charge is -2.38. The summed E-state index contributed by atoms with van der Waals surface area (Å²) in [6.07, 6.45) is 4.42. The van der Waals surface area contributed by atoms with E-state index in [1.165, 1.54) is 3.97 Å². The zero-order valence-electron chi connectivity index (χ0n) is 16.6. The van der Waals surface area contributed by atoms with Gasteiger partial charge in [-0.3, -0.25) is 4.90 Å². The van der Waals surface area contributed by atoms with E-state index in [9.17, 15) is 8.42 Å². The van der Waals surface area contributed by atoms with Crippen LogP contribution >= 0.6 is 11.6 Å². The monoisotopic (exact) mass is 443 g/mol. The first kappa shape index (κ1) is 19.8. The van der Waals surface area contributed by atoms with Gasteiger partial charge in [0.1, 0.15) is 0 Å². The summed E-state index contributed by atoms with van der Waals surface area (Å²) in [6, 6.07) is 10.9. The van der Waals surface area contributed by atoms with E-state index in [4.69, 9.17) is 16.3 Å². The number of halogens is 1. The van der Waals surface area contributed by atoms with Crippen molar-refractivity contribution in [3.63, 3.8) is 0 Å². The van der Waals surface area contributed by atoms with Crippen LogP contribution in [0.4, 0.5) is 0 Å². The molecule has 1 saturated heterocycles. The average Bonchev–Trinajstić information content (AvgIpc) is 3.09. The SMILES string of the molecule is Cc1ccc(S(=O)(=O)n2c(C3=CCN(C4COC4)CC3)cc3c(Cl)ccnc32)cc1. The molecule has 0 amide bonds. The fourth-order valence-corrected chi connectivity index (χ4v) is 5.70. The van der Waals surface area contributed by atoms with Crippen molar-refractivity contribution in [3.05, 3.63) is 65.0 Å². The van der Waals surface area contributed by atoms with Crippen LogP contribution in [0.5, 0.6) is 0 Å². The van der Waals surface area contributed by atoms with Crippen LogP contribution in [0, 0.1) is 6.92 Å². The summed E-state index contributed by atoms with van der Waals surface area (Å²) < 4.78 is 34.0. The molecule has 8 heteroatoms. The predicted octanol–water partition coefficient (Wildman–Crippen LogP) is 3.72. The van der Waals surface area contributed by atoms with E-state index in [2.05, 4.69) is 16.0 Å². The van der Waals surface area contributed by atoms with Crippen LogP contribution < -0.4 is 0 Å². The summed E-state index contributed by atoms with van der Waals surface area (Å²) in [5.41, 5.74) is 2.99. The molecule has 3 aromatic rings. The van der Waals surface area contributed by atoms with E-state index in [1.54, 1.807) is 36.5 Å². The molecule has 0 spiro atoms. The highest BCUT2D eigenvalue weighted by molar-refractivity contribution is 7.90. The third-order valence-electron chi connectivity index (χ3n) is 5.87. The lowest BCUT2D eigenvalue weighted by molar-refractivity contribution is -0.0612. The number of aromatic nitrogens is 2. The molecular formula is C22H22ClN3O3S. The van der Waals surface area contributed by atoms with Crippen molar-refractivity contribution in [2.45, 2.75) is 24.3 Å². The first-order valence-electron chi connectivity index (χ1n) is 9.94. The number of hydrogen-bond acceptors (Lipinski definition) is 5. The minimum absolute atomic E-state index is 0.235. The molecule has 0 aliphatic carbocycles. The highest BCUT2D eigenvalue weighted by Gasteiger charge is 2.30. The van der Waals surface area contributed by atoms with Crippen LogP contribution in [-0.4, -0.2) is 54.6 Å². The molecule has 4 heterocycles. The molecule has 0 unspecified atom stereocenters. The zero-order valence-corrected chi connectivity index (χ0v) is 18.2. The summed E-state index contributed by atoms with van der Waals surface area (Å²) in [7, 11) is -3.84. The van der Waals surface area contributed by atoms with Crippen molar-refractivity contribution in [1.29, 1.82) is 0 Å². The topological polar surface area (TPSA) is 64.4 Å². The van der Waals surface area contributed by atoms with Gasteiger partial charge in [0.05, 0.1) is 34.9 Å². The van der Waals surface area contributed by atoms with Gasteiger partial charge >= 0.3 is 0 Å². The van der Waals surface area contributed by atoms with Crippen LogP contribution in [0.3, 0.4) is 0 Å². The molecular weight excluding hydrogens is 422 g/mol. The highest BCUT2D eigenvalue weighted by atomic mass is 35.5. The summed E-state index contributed by atoms with van der Waals surface area (Å²) in [5.74, 6) is 0. The van der Waals surface area contributed by atoms with Gasteiger partial charge in [-0.15, -0.1) is 0 Å². The fraction of sp³-hybridized carbons (Fsp3) is 0.318. The van der Waals surface area contributed by atoms with Crippen LogP contribution in [0.25, 0.3) is 16.6 Å². The molecule has 30 heavy (non-hydrogen) atoms. The quantitative estimate of drug-likeness (QED) is 0.614. The number of ether oxygens (including phenoxy) is 1. The number of aryl methyl sites for hydroxylation is 1. The number of pyridine rings is 1. The van der Waals surface area contributed by atoms with Gasteiger partial charge in [0.15, 0.2) is 5.65 Å². The lowest BCUT2D eigenvalue weighted by atomic mass is 10.0. The first-order chi connectivity index (χ1) is 14.4. The third kappa shape index (κ3) is 3.26. The number of fused-ring (bicyclic) bond motifs is 1. The Morgan fingerprint density at radius 3 is 2.57 bits per heavy atom. The van der Waals surface area contributed by atoms with E-state index < -0.39 is 10.0 Å². The molecule has 0 bridgehead atoms. The first-order valence-corrected chi connectivity index (χ1v) is 11.8. The maximum absolute atomic E-state index is 13.6. The van der Waals surface area contributed by atoms with Crippen LogP contribution in [0.2, 0.25) is 5.02 Å². The summed E-state index contributed by atoms with van der Waals surface area (Å²) in [4.78, 5) is 6.99. The van der Waals surface area contributed by atoms with Crippen LogP contribution in [0.15, 0.2) is 53.6 Å². The number of rotatable bonds is 4. The normalized spacial score (nSPS) is 18.4. The minimum atomic E-state index is -3.84. The number of hydrogen-bond donors (Lipinski definition) is 0. The van der Waals surface area contributed by atoms with Crippen molar-refractivity contribution >= 4 is 38.2 Å². The number of nitrogens with zero attached hydrogens (tertiary/aromatic N) is 3. The summed E-state index contributed by atoms with van der Waals surface area (Å²) in [5, 5.41) is 1.13. The second kappa shape index (κ2) is 7.50. The zero-order chi connectivity index (χ0) is 20.9. The van der Waals surface area contributed by atoms with E-state index in [-0.39, 0.29) is 4.90 Å². The van der Waals surface area contributed by atoms with Gasteiger partial charge in [-0.25, -0.2) is 17.4 Å². The largest absolute Gasteiger partial charge is 0.378 e. The van der Waals surface area contributed by atoms with Gasteiger partial charge < -0.3 is 4.74 Å². The molecule has 2 aliphatic rings. The van der Waals surface area contributed by atoms with Gasteiger partial charge in [0.25, 0.3) is 10.0 Å². The second-order valence-corrected chi connectivity index (χ2v) is 10.0. The van der Waals surface area contributed by atoms with Gasteiger partial charge in [-0.05, 0) is 43.2 Å². The van der Waals surface area contributed by atoms with Crippen molar-refractivity contribution < 1.29 is 13.2 Å². The van der Waals surface area contributed by atoms with Gasteiger partial charge in [0.2, 0.25) is 0 Å². The van der Waals surface area contributed by atoms with E-state index in [0.29, 0.717) is 27.8 Å². The molecule has 1 fully saturated rings. The molecule has 6 nitrogen and oxygen atoms in total. The Labute approximate surface area is 180 Å². The lowest BCUT2D eigenvalue weighted by Crippen LogP contribution is -2.50. The van der Waals surface area contributed by atoms with Crippen molar-refractivity contribution in [2.24, 2.45) is 0 Å². The van der Waals surface area contributed by atoms with E-state index in [0.717, 1.165) is 43.9 Å². The Morgan fingerprint density at radius 2 is 1.93 bits per heavy atom. The molecule has 156 valence electrons. The van der Waals surface area contributed by atoms with Crippen molar-refractivity contribution in [1.82, 2.24) is 13.9 Å². The van der Waals surface area contributed by atoms with Gasteiger partial charge in [-0.1, -0.05) is 35.4 Å². The smallest absolute Gasteiger partial charge is 0.269 e. The Balaban J connectivity index is 1.65. The maximum Gasteiger partial charge on any atom is 0.269 e. The molecule has 0 N–H and O–H groups in total. The van der Waals surface area contributed by atoms with Crippen LogP contribution in [-0.2, 0) is 14.8 Å². The average molecular weight is 444 g/mol. The molecule has 0 atom stereocenters. The highest BCUT2D eigenvalue weighted by Crippen LogP contribution is 2.34. The van der Waals surface area contributed by atoms with Crippen molar-refractivity contribution in [2.75, 3.05) is 26.3 Å². The van der Waals surface area contributed by atoms with Gasteiger partial charge in [0, 0.05) is 24.7 Å². The molecule has 0 saturated carbocycles. The fourth-order valence-electron chi connectivity index (χ4n) is 4.01. The Morgan fingerprint density at radius 1 is 1.17 bits per heavy atom. The van der Waals surface area contributed by atoms with Crippen LogP contribution in [0.1, 0.15) is 17.7 Å². The second-order valence-electron chi connectivity index (χ2n) is 7.81. The summed E-state index contributed by atoms with van der Waals surface area (Å²) in [6.45, 7) is 5.11.